The first-order chi connectivity index (χ1) is 16.0. The normalized spacial score (nSPS) is 14.3. The minimum absolute atomic E-state index is 0.125. The highest BCUT2D eigenvalue weighted by atomic mass is 32.2. The van der Waals surface area contributed by atoms with Gasteiger partial charge in [0.2, 0.25) is 10.0 Å². The molecule has 0 atom stereocenters. The largest absolute Gasteiger partial charge is 0.348 e. The van der Waals surface area contributed by atoms with E-state index in [2.05, 4.69) is 45.3 Å². The molecule has 4 rings (SSSR count). The van der Waals surface area contributed by atoms with Crippen LogP contribution in [0.2, 0.25) is 0 Å². The van der Waals surface area contributed by atoms with Gasteiger partial charge in [0, 0.05) is 18.7 Å². The minimum Gasteiger partial charge on any atom is -0.348 e. The molecule has 6 nitrogen and oxygen atoms in total. The second-order valence-electron chi connectivity index (χ2n) is 8.25. The van der Waals surface area contributed by atoms with Crippen LogP contribution in [0.4, 0.5) is 0 Å². The fourth-order valence-corrected chi connectivity index (χ4v) is 4.86. The molecule has 0 aliphatic carbocycles. The zero-order valence-electron chi connectivity index (χ0n) is 18.8. The van der Waals surface area contributed by atoms with Crippen molar-refractivity contribution >= 4 is 15.9 Å². The molecule has 2 N–H and O–H groups in total. The van der Waals surface area contributed by atoms with Crippen LogP contribution in [-0.4, -0.2) is 39.4 Å². The van der Waals surface area contributed by atoms with Crippen molar-refractivity contribution in [3.8, 4) is 11.1 Å². The molecular weight excluding hydrogens is 434 g/mol. The standard InChI is InChI=1S/C26H29N3O3S/c1-27-33(31,32)24-14-12-22(13-15-24)26(30)28-18-23-6-2-3-7-25(23)21-10-8-20(9-11-21)19-29-16-4-5-17-29/h2-3,6-15,27H,4-5,16-19H2,1H3,(H,28,30). The molecule has 1 heterocycles. The van der Waals surface area contributed by atoms with E-state index in [4.69, 9.17) is 0 Å². The number of carbonyl (C=O) groups is 1. The predicted molar refractivity (Wildman–Crippen MR) is 130 cm³/mol. The van der Waals surface area contributed by atoms with Crippen LogP contribution in [-0.2, 0) is 23.1 Å². The van der Waals surface area contributed by atoms with Crippen molar-refractivity contribution in [2.24, 2.45) is 0 Å². The summed E-state index contributed by atoms with van der Waals surface area (Å²) in [5, 5.41) is 2.95. The molecule has 33 heavy (non-hydrogen) atoms. The van der Waals surface area contributed by atoms with Crippen molar-refractivity contribution in [3.63, 3.8) is 0 Å². The summed E-state index contributed by atoms with van der Waals surface area (Å²) in [6.45, 7) is 3.73. The van der Waals surface area contributed by atoms with E-state index in [1.807, 2.05) is 18.2 Å². The molecule has 7 heteroatoms. The van der Waals surface area contributed by atoms with Crippen LogP contribution in [0.3, 0.4) is 0 Å². The van der Waals surface area contributed by atoms with Crippen LogP contribution >= 0.6 is 0 Å². The molecule has 172 valence electrons. The molecule has 0 radical (unpaired) electrons. The van der Waals surface area contributed by atoms with Crippen molar-refractivity contribution in [2.75, 3.05) is 20.1 Å². The Morgan fingerprint density at radius 2 is 1.58 bits per heavy atom. The quantitative estimate of drug-likeness (QED) is 0.533. The molecule has 1 amide bonds. The van der Waals surface area contributed by atoms with Gasteiger partial charge in [-0.2, -0.15) is 0 Å². The number of carbonyl (C=O) groups excluding carboxylic acids is 1. The molecule has 0 bridgehead atoms. The van der Waals surface area contributed by atoms with Crippen molar-refractivity contribution in [1.29, 1.82) is 0 Å². The van der Waals surface area contributed by atoms with E-state index in [-0.39, 0.29) is 10.8 Å². The molecular formula is C26H29N3O3S. The van der Waals surface area contributed by atoms with E-state index in [9.17, 15) is 13.2 Å². The summed E-state index contributed by atoms with van der Waals surface area (Å²) in [4.78, 5) is 15.2. The van der Waals surface area contributed by atoms with Gasteiger partial charge in [-0.15, -0.1) is 0 Å². The zero-order valence-corrected chi connectivity index (χ0v) is 19.6. The van der Waals surface area contributed by atoms with E-state index in [1.165, 1.54) is 62.8 Å². The molecule has 0 saturated carbocycles. The summed E-state index contributed by atoms with van der Waals surface area (Å²) in [6, 6.07) is 22.6. The Morgan fingerprint density at radius 1 is 0.909 bits per heavy atom. The number of likely N-dealkylation sites (tertiary alicyclic amines) is 1. The smallest absolute Gasteiger partial charge is 0.251 e. The number of benzene rings is 3. The summed E-state index contributed by atoms with van der Waals surface area (Å²) < 4.78 is 26.0. The SMILES string of the molecule is CNS(=O)(=O)c1ccc(C(=O)NCc2ccccc2-c2ccc(CN3CCCC3)cc2)cc1. The highest BCUT2D eigenvalue weighted by Crippen LogP contribution is 2.25. The Morgan fingerprint density at radius 3 is 2.24 bits per heavy atom. The Balaban J connectivity index is 1.43. The first-order valence-electron chi connectivity index (χ1n) is 11.2. The number of nitrogens with zero attached hydrogens (tertiary/aromatic N) is 1. The van der Waals surface area contributed by atoms with Crippen molar-refractivity contribution in [2.45, 2.75) is 30.8 Å². The second kappa shape index (κ2) is 10.3. The third-order valence-electron chi connectivity index (χ3n) is 6.02. The van der Waals surface area contributed by atoms with Crippen LogP contribution < -0.4 is 10.0 Å². The van der Waals surface area contributed by atoms with Gasteiger partial charge in [0.25, 0.3) is 5.91 Å². The monoisotopic (exact) mass is 463 g/mol. The Bertz CT molecular complexity index is 1200. The van der Waals surface area contributed by atoms with Crippen molar-refractivity contribution in [3.05, 3.63) is 89.5 Å². The van der Waals surface area contributed by atoms with Gasteiger partial charge in [-0.1, -0.05) is 48.5 Å². The van der Waals surface area contributed by atoms with Gasteiger partial charge >= 0.3 is 0 Å². The highest BCUT2D eigenvalue weighted by Gasteiger charge is 2.14. The first-order valence-corrected chi connectivity index (χ1v) is 12.7. The van der Waals surface area contributed by atoms with Crippen LogP contribution in [0.1, 0.15) is 34.3 Å². The van der Waals surface area contributed by atoms with Gasteiger partial charge < -0.3 is 5.32 Å². The maximum absolute atomic E-state index is 12.6. The number of rotatable bonds is 8. The number of hydrogen-bond acceptors (Lipinski definition) is 4. The van der Waals surface area contributed by atoms with Gasteiger partial charge in [-0.05, 0) is 79.5 Å². The van der Waals surface area contributed by atoms with Gasteiger partial charge in [0.05, 0.1) is 4.90 Å². The number of sulfonamides is 1. The van der Waals surface area contributed by atoms with Gasteiger partial charge in [-0.25, -0.2) is 13.1 Å². The summed E-state index contributed by atoms with van der Waals surface area (Å²) in [5.41, 5.74) is 4.95. The van der Waals surface area contributed by atoms with Crippen LogP contribution in [0, 0.1) is 0 Å². The maximum Gasteiger partial charge on any atom is 0.251 e. The van der Waals surface area contributed by atoms with E-state index in [1.54, 1.807) is 0 Å². The van der Waals surface area contributed by atoms with Gasteiger partial charge in [0.1, 0.15) is 0 Å². The first kappa shape index (κ1) is 23.2. The summed E-state index contributed by atoms with van der Waals surface area (Å²) in [5.74, 6) is -0.251. The molecule has 3 aromatic rings. The molecule has 0 unspecified atom stereocenters. The second-order valence-corrected chi connectivity index (χ2v) is 10.1. The minimum atomic E-state index is -3.53. The number of hydrogen-bond donors (Lipinski definition) is 2. The molecule has 1 fully saturated rings. The molecule has 1 aliphatic rings. The van der Waals surface area contributed by atoms with Crippen molar-refractivity contribution < 1.29 is 13.2 Å². The maximum atomic E-state index is 12.6. The van der Waals surface area contributed by atoms with E-state index in [0.717, 1.165) is 23.2 Å². The van der Waals surface area contributed by atoms with Crippen molar-refractivity contribution in [1.82, 2.24) is 14.9 Å². The number of nitrogens with one attached hydrogen (secondary N) is 2. The third kappa shape index (κ3) is 5.68. The average Bonchev–Trinajstić information content (AvgIpc) is 3.36. The topological polar surface area (TPSA) is 78.5 Å². The molecule has 1 aliphatic heterocycles. The van der Waals surface area contributed by atoms with Gasteiger partial charge in [0.15, 0.2) is 0 Å². The zero-order chi connectivity index (χ0) is 23.3. The fourth-order valence-electron chi connectivity index (χ4n) is 4.13. The lowest BCUT2D eigenvalue weighted by Gasteiger charge is -2.15. The van der Waals surface area contributed by atoms with Crippen LogP contribution in [0.5, 0.6) is 0 Å². The Labute approximate surface area is 195 Å². The Hall–Kier alpha value is -3.00. The van der Waals surface area contributed by atoms with Crippen LogP contribution in [0.25, 0.3) is 11.1 Å². The fraction of sp³-hybridized carbons (Fsp3) is 0.269. The third-order valence-corrected chi connectivity index (χ3v) is 7.45. The average molecular weight is 464 g/mol. The number of amides is 1. The van der Waals surface area contributed by atoms with E-state index < -0.39 is 10.0 Å². The predicted octanol–water partition coefficient (Wildman–Crippen LogP) is 3.79. The molecule has 1 saturated heterocycles. The lowest BCUT2D eigenvalue weighted by Crippen LogP contribution is -2.23. The molecule has 3 aromatic carbocycles. The highest BCUT2D eigenvalue weighted by molar-refractivity contribution is 7.89. The van der Waals surface area contributed by atoms with Gasteiger partial charge in [-0.3, -0.25) is 9.69 Å². The van der Waals surface area contributed by atoms with E-state index in [0.29, 0.717) is 12.1 Å². The molecule has 0 spiro atoms. The summed E-state index contributed by atoms with van der Waals surface area (Å²) in [7, 11) is -2.17. The lowest BCUT2D eigenvalue weighted by molar-refractivity contribution is 0.0951. The Kier molecular flexibility index (Phi) is 7.23. The lowest BCUT2D eigenvalue weighted by atomic mass is 9.98. The van der Waals surface area contributed by atoms with E-state index >= 15 is 0 Å². The summed E-state index contributed by atoms with van der Waals surface area (Å²) >= 11 is 0. The molecule has 0 aromatic heterocycles. The van der Waals surface area contributed by atoms with Crippen LogP contribution in [0.15, 0.2) is 77.7 Å². The summed E-state index contributed by atoms with van der Waals surface area (Å²) in [6.07, 6.45) is 2.58.